The summed E-state index contributed by atoms with van der Waals surface area (Å²) in [5, 5.41) is 13.4. The molecule has 33 heavy (non-hydrogen) atoms. The number of aromatic nitrogens is 5. The van der Waals surface area contributed by atoms with E-state index in [4.69, 9.17) is 0 Å². The quantitative estimate of drug-likeness (QED) is 0.303. The Morgan fingerprint density at radius 3 is 2.79 bits per heavy atom. The number of hydrogen-bond donors (Lipinski definition) is 3. The Labute approximate surface area is 191 Å². The Balaban J connectivity index is 1.45. The highest BCUT2D eigenvalue weighted by molar-refractivity contribution is 6.01. The van der Waals surface area contributed by atoms with Gasteiger partial charge in [-0.2, -0.15) is 5.10 Å². The van der Waals surface area contributed by atoms with E-state index in [1.807, 2.05) is 18.6 Å². The zero-order valence-corrected chi connectivity index (χ0v) is 18.6. The van der Waals surface area contributed by atoms with Crippen molar-refractivity contribution < 1.29 is 0 Å². The molecule has 1 aliphatic carbocycles. The summed E-state index contributed by atoms with van der Waals surface area (Å²) in [4.78, 5) is 12.6. The summed E-state index contributed by atoms with van der Waals surface area (Å²) < 4.78 is 0. The molecule has 0 saturated heterocycles. The van der Waals surface area contributed by atoms with Gasteiger partial charge >= 0.3 is 0 Å². The number of anilines is 1. The maximum absolute atomic E-state index is 4.65. The molecule has 1 aromatic carbocycles. The first-order valence-electron chi connectivity index (χ1n) is 11.2. The second-order valence-electron chi connectivity index (χ2n) is 8.70. The van der Waals surface area contributed by atoms with E-state index < -0.39 is 0 Å². The second-order valence-corrected chi connectivity index (χ2v) is 8.70. The second kappa shape index (κ2) is 7.74. The number of hydrogen-bond acceptors (Lipinski definition) is 4. The molecule has 6 heteroatoms. The van der Waals surface area contributed by atoms with Crippen molar-refractivity contribution in [2.24, 2.45) is 0 Å². The van der Waals surface area contributed by atoms with Gasteiger partial charge in [-0.05, 0) is 55.7 Å². The fourth-order valence-electron chi connectivity index (χ4n) is 4.46. The molecule has 0 saturated carbocycles. The molecule has 0 radical (unpaired) electrons. The lowest BCUT2D eigenvalue weighted by atomic mass is 10.0. The molecule has 6 rings (SSSR count). The Morgan fingerprint density at radius 1 is 1.00 bits per heavy atom. The van der Waals surface area contributed by atoms with Crippen molar-refractivity contribution in [3.05, 3.63) is 78.8 Å². The van der Waals surface area contributed by atoms with Gasteiger partial charge in [-0.3, -0.25) is 15.1 Å². The first kappa shape index (κ1) is 19.5. The minimum Gasteiger partial charge on any atom is -0.382 e. The van der Waals surface area contributed by atoms with E-state index in [2.05, 4.69) is 98.9 Å². The van der Waals surface area contributed by atoms with E-state index >= 15 is 0 Å². The summed E-state index contributed by atoms with van der Waals surface area (Å²) in [6.07, 6.45) is 13.2. The van der Waals surface area contributed by atoms with Crippen molar-refractivity contribution in [3.8, 4) is 22.6 Å². The fraction of sp³-hybridized carbons (Fsp3) is 0.148. The number of fused-ring (bicyclic) bond motifs is 2. The highest BCUT2D eigenvalue weighted by atomic mass is 15.1. The molecular weight excluding hydrogens is 408 g/mol. The molecule has 6 nitrogen and oxygen atoms in total. The standard InChI is InChI=1S/C27H24N6/c1-16(2)30-19-10-18(13-28-14-19)24-12-22-26(15-29-24)32-33-27(22)25-11-21-20(17-6-3-4-7-17)8-5-9-23(21)31-25/h3,5-16,30-31H,4H2,1-2H3,(H,32,33). The highest BCUT2D eigenvalue weighted by Crippen LogP contribution is 2.34. The lowest BCUT2D eigenvalue weighted by Gasteiger charge is -2.10. The largest absolute Gasteiger partial charge is 0.382 e. The SMILES string of the molecule is CC(C)Nc1cncc(-c2cc3c(-c4cc5c(C6=CCC=C6)cccc5[nH]4)n[nH]c3cn2)c1. The van der Waals surface area contributed by atoms with Gasteiger partial charge in [-0.15, -0.1) is 0 Å². The Morgan fingerprint density at radius 2 is 1.94 bits per heavy atom. The van der Waals surface area contributed by atoms with E-state index in [1.54, 1.807) is 0 Å². The molecular formula is C27H24N6. The maximum atomic E-state index is 4.65. The number of nitrogens with one attached hydrogen (secondary N) is 3. The summed E-state index contributed by atoms with van der Waals surface area (Å²) in [6, 6.07) is 13.1. The molecule has 0 fully saturated rings. The van der Waals surface area contributed by atoms with E-state index in [-0.39, 0.29) is 0 Å². The van der Waals surface area contributed by atoms with Crippen molar-refractivity contribution in [3.63, 3.8) is 0 Å². The van der Waals surface area contributed by atoms with Crippen LogP contribution in [0.5, 0.6) is 0 Å². The van der Waals surface area contributed by atoms with Crippen LogP contribution in [-0.2, 0) is 0 Å². The van der Waals surface area contributed by atoms with E-state index in [9.17, 15) is 0 Å². The predicted molar refractivity (Wildman–Crippen MR) is 135 cm³/mol. The summed E-state index contributed by atoms with van der Waals surface area (Å²) in [7, 11) is 0. The van der Waals surface area contributed by atoms with Gasteiger partial charge in [0.25, 0.3) is 0 Å². The molecule has 0 aliphatic heterocycles. The summed E-state index contributed by atoms with van der Waals surface area (Å²) >= 11 is 0. The van der Waals surface area contributed by atoms with Gasteiger partial charge in [0.2, 0.25) is 0 Å². The molecule has 5 aromatic rings. The number of rotatable bonds is 5. The van der Waals surface area contributed by atoms with Gasteiger partial charge < -0.3 is 10.3 Å². The molecule has 4 aromatic heterocycles. The summed E-state index contributed by atoms with van der Waals surface area (Å²) in [5.74, 6) is 0. The molecule has 0 atom stereocenters. The molecule has 162 valence electrons. The van der Waals surface area contributed by atoms with Crippen LogP contribution >= 0.6 is 0 Å². The molecule has 0 amide bonds. The van der Waals surface area contributed by atoms with Crippen LogP contribution < -0.4 is 5.32 Å². The van der Waals surface area contributed by atoms with E-state index in [0.29, 0.717) is 6.04 Å². The summed E-state index contributed by atoms with van der Waals surface area (Å²) in [6.45, 7) is 4.22. The third-order valence-corrected chi connectivity index (χ3v) is 5.94. The lowest BCUT2D eigenvalue weighted by molar-refractivity contribution is 0.898. The zero-order chi connectivity index (χ0) is 22.4. The average Bonchev–Trinajstić information content (AvgIpc) is 3.57. The monoisotopic (exact) mass is 432 g/mol. The van der Waals surface area contributed by atoms with Crippen LogP contribution in [0.1, 0.15) is 25.8 Å². The van der Waals surface area contributed by atoms with Crippen molar-refractivity contribution in [1.29, 1.82) is 0 Å². The van der Waals surface area contributed by atoms with Crippen molar-refractivity contribution in [2.45, 2.75) is 26.3 Å². The van der Waals surface area contributed by atoms with Crippen LogP contribution in [0.2, 0.25) is 0 Å². The van der Waals surface area contributed by atoms with Gasteiger partial charge in [-0.1, -0.05) is 30.4 Å². The van der Waals surface area contributed by atoms with Crippen LogP contribution in [0.4, 0.5) is 5.69 Å². The molecule has 0 bridgehead atoms. The minimum atomic E-state index is 0.334. The van der Waals surface area contributed by atoms with Gasteiger partial charge in [0.05, 0.1) is 28.8 Å². The Bertz CT molecular complexity index is 1550. The van der Waals surface area contributed by atoms with Gasteiger partial charge in [0.15, 0.2) is 0 Å². The number of H-pyrrole nitrogens is 2. The topological polar surface area (TPSA) is 82.3 Å². The van der Waals surface area contributed by atoms with Gasteiger partial charge in [0.1, 0.15) is 5.69 Å². The smallest absolute Gasteiger partial charge is 0.116 e. The summed E-state index contributed by atoms with van der Waals surface area (Å²) in [5.41, 5.74) is 9.20. The van der Waals surface area contributed by atoms with E-state index in [1.165, 1.54) is 16.5 Å². The third-order valence-electron chi connectivity index (χ3n) is 5.94. The molecule has 3 N–H and O–H groups in total. The first-order chi connectivity index (χ1) is 16.2. The van der Waals surface area contributed by atoms with Gasteiger partial charge in [-0.25, -0.2) is 0 Å². The Hall–Kier alpha value is -4.19. The van der Waals surface area contributed by atoms with Crippen LogP contribution in [0.3, 0.4) is 0 Å². The number of pyridine rings is 2. The average molecular weight is 433 g/mol. The maximum Gasteiger partial charge on any atom is 0.116 e. The van der Waals surface area contributed by atoms with Crippen LogP contribution in [0.15, 0.2) is 73.2 Å². The van der Waals surface area contributed by atoms with Crippen molar-refractivity contribution in [2.75, 3.05) is 5.32 Å². The van der Waals surface area contributed by atoms with E-state index in [0.717, 1.165) is 51.2 Å². The number of aromatic amines is 2. The molecule has 0 unspecified atom stereocenters. The lowest BCUT2D eigenvalue weighted by Crippen LogP contribution is -2.09. The number of nitrogens with zero attached hydrogens (tertiary/aromatic N) is 3. The molecule has 0 spiro atoms. The van der Waals surface area contributed by atoms with Crippen LogP contribution in [0.25, 0.3) is 50.0 Å². The van der Waals surface area contributed by atoms with Gasteiger partial charge in [0, 0.05) is 40.3 Å². The fourth-order valence-corrected chi connectivity index (χ4v) is 4.46. The normalized spacial score (nSPS) is 13.4. The zero-order valence-electron chi connectivity index (χ0n) is 18.6. The predicted octanol–water partition coefficient (Wildman–Crippen LogP) is 6.33. The van der Waals surface area contributed by atoms with Crippen molar-refractivity contribution >= 4 is 33.1 Å². The molecule has 1 aliphatic rings. The highest BCUT2D eigenvalue weighted by Gasteiger charge is 2.15. The minimum absolute atomic E-state index is 0.334. The molecule has 4 heterocycles. The van der Waals surface area contributed by atoms with Crippen molar-refractivity contribution in [1.82, 2.24) is 25.1 Å². The number of allylic oxidation sites excluding steroid dienone is 4. The third kappa shape index (κ3) is 3.49. The van der Waals surface area contributed by atoms with Crippen LogP contribution in [-0.4, -0.2) is 31.2 Å². The Kier molecular flexibility index (Phi) is 4.57. The van der Waals surface area contributed by atoms with Crippen LogP contribution in [0, 0.1) is 0 Å². The number of benzene rings is 1. The first-order valence-corrected chi connectivity index (χ1v) is 11.2.